The molecule has 0 spiro atoms. The maximum Gasteiger partial charge on any atom is 0.415 e. The van der Waals surface area contributed by atoms with Gasteiger partial charge in [0.2, 0.25) is 0 Å². The molecule has 1 aromatic carbocycles. The minimum absolute atomic E-state index is 0.000741. The highest BCUT2D eigenvalue weighted by Crippen LogP contribution is 2.24. The van der Waals surface area contributed by atoms with Crippen LogP contribution in [0.15, 0.2) is 48.7 Å². The van der Waals surface area contributed by atoms with E-state index < -0.39 is 0 Å². The lowest BCUT2D eigenvalue weighted by molar-refractivity contribution is 0.178. The van der Waals surface area contributed by atoms with Crippen molar-refractivity contribution in [3.63, 3.8) is 0 Å². The lowest BCUT2D eigenvalue weighted by atomic mass is 10.1. The van der Waals surface area contributed by atoms with Gasteiger partial charge in [-0.05, 0) is 36.6 Å². The molecule has 1 aromatic heterocycles. The average molecular weight is 268 g/mol. The van der Waals surface area contributed by atoms with Gasteiger partial charge in [0.05, 0.1) is 6.04 Å². The van der Waals surface area contributed by atoms with E-state index in [-0.39, 0.29) is 12.1 Å². The molecule has 0 bridgehead atoms. The first-order valence-corrected chi connectivity index (χ1v) is 6.66. The molecular weight excluding hydrogens is 252 g/mol. The number of carbonyl (C=O) groups is 1. The van der Waals surface area contributed by atoms with Crippen molar-refractivity contribution in [3.05, 3.63) is 59.8 Å². The van der Waals surface area contributed by atoms with Crippen molar-refractivity contribution in [2.24, 2.45) is 0 Å². The monoisotopic (exact) mass is 268 g/mol. The first kappa shape index (κ1) is 12.7. The second-order valence-electron chi connectivity index (χ2n) is 4.98. The van der Waals surface area contributed by atoms with Crippen LogP contribution in [0.3, 0.4) is 0 Å². The van der Waals surface area contributed by atoms with Crippen LogP contribution in [-0.2, 0) is 11.2 Å². The lowest BCUT2D eigenvalue weighted by Gasteiger charge is -2.20. The Hall–Kier alpha value is -2.36. The van der Waals surface area contributed by atoms with E-state index in [0.717, 1.165) is 12.0 Å². The van der Waals surface area contributed by atoms with Gasteiger partial charge in [-0.2, -0.15) is 0 Å². The molecule has 0 saturated carbocycles. The molecule has 1 amide bonds. The molecule has 1 aliphatic heterocycles. The van der Waals surface area contributed by atoms with Gasteiger partial charge in [-0.15, -0.1) is 0 Å². The van der Waals surface area contributed by atoms with Gasteiger partial charge in [-0.3, -0.25) is 4.90 Å². The number of benzene rings is 1. The zero-order valence-corrected chi connectivity index (χ0v) is 11.3. The molecule has 0 unspecified atom stereocenters. The molecule has 4 nitrogen and oxygen atoms in total. The second-order valence-corrected chi connectivity index (χ2v) is 4.98. The maximum atomic E-state index is 12.0. The van der Waals surface area contributed by atoms with E-state index in [4.69, 9.17) is 4.74 Å². The molecule has 4 heteroatoms. The number of anilines is 1. The zero-order valence-electron chi connectivity index (χ0n) is 11.3. The van der Waals surface area contributed by atoms with Gasteiger partial charge < -0.3 is 4.74 Å². The SMILES string of the molecule is Cc1ccnc(N2C(=O)OC[C@H]2Cc2ccccc2)c1. The Balaban J connectivity index is 1.85. The van der Waals surface area contributed by atoms with Crippen molar-refractivity contribution in [1.29, 1.82) is 0 Å². The number of cyclic esters (lactones) is 1. The summed E-state index contributed by atoms with van der Waals surface area (Å²) in [5, 5.41) is 0. The first-order chi connectivity index (χ1) is 9.74. The highest BCUT2D eigenvalue weighted by atomic mass is 16.6. The molecule has 0 aliphatic carbocycles. The third-order valence-corrected chi connectivity index (χ3v) is 3.42. The van der Waals surface area contributed by atoms with E-state index in [1.165, 1.54) is 5.56 Å². The molecule has 0 radical (unpaired) electrons. The summed E-state index contributed by atoms with van der Waals surface area (Å²) in [6.45, 7) is 2.39. The quantitative estimate of drug-likeness (QED) is 0.859. The summed E-state index contributed by atoms with van der Waals surface area (Å²) >= 11 is 0. The predicted octanol–water partition coefficient (Wildman–Crippen LogP) is 2.96. The van der Waals surface area contributed by atoms with E-state index in [0.29, 0.717) is 12.4 Å². The number of carbonyl (C=O) groups excluding carboxylic acids is 1. The molecule has 2 heterocycles. The van der Waals surface area contributed by atoms with E-state index >= 15 is 0 Å². The smallest absolute Gasteiger partial charge is 0.415 e. The largest absolute Gasteiger partial charge is 0.447 e. The van der Waals surface area contributed by atoms with Gasteiger partial charge in [0.15, 0.2) is 0 Å². The van der Waals surface area contributed by atoms with Crippen molar-refractivity contribution in [2.45, 2.75) is 19.4 Å². The van der Waals surface area contributed by atoms with Crippen molar-refractivity contribution >= 4 is 11.9 Å². The van der Waals surface area contributed by atoms with E-state index in [2.05, 4.69) is 17.1 Å². The first-order valence-electron chi connectivity index (χ1n) is 6.66. The second kappa shape index (κ2) is 5.33. The Morgan fingerprint density at radius 1 is 1.30 bits per heavy atom. The summed E-state index contributed by atoms with van der Waals surface area (Å²) in [4.78, 5) is 17.9. The molecule has 1 atom stereocenters. The van der Waals surface area contributed by atoms with Crippen molar-refractivity contribution in [1.82, 2.24) is 4.98 Å². The molecule has 1 saturated heterocycles. The topological polar surface area (TPSA) is 42.4 Å². The van der Waals surface area contributed by atoms with E-state index in [1.54, 1.807) is 11.1 Å². The number of ether oxygens (including phenoxy) is 1. The Morgan fingerprint density at radius 2 is 2.10 bits per heavy atom. The van der Waals surface area contributed by atoms with Crippen LogP contribution in [0, 0.1) is 6.92 Å². The minimum atomic E-state index is -0.316. The van der Waals surface area contributed by atoms with Gasteiger partial charge in [0.25, 0.3) is 0 Å². The summed E-state index contributed by atoms with van der Waals surface area (Å²) < 4.78 is 5.19. The number of aromatic nitrogens is 1. The van der Waals surface area contributed by atoms with Crippen LogP contribution in [0.25, 0.3) is 0 Å². The van der Waals surface area contributed by atoms with Crippen LogP contribution in [0.5, 0.6) is 0 Å². The Bertz CT molecular complexity index is 613. The number of aryl methyl sites for hydroxylation is 1. The Morgan fingerprint density at radius 3 is 2.85 bits per heavy atom. The van der Waals surface area contributed by atoms with Crippen LogP contribution < -0.4 is 4.90 Å². The Labute approximate surface area is 118 Å². The molecule has 2 aromatic rings. The van der Waals surface area contributed by atoms with Crippen molar-refractivity contribution in [2.75, 3.05) is 11.5 Å². The molecule has 20 heavy (non-hydrogen) atoms. The molecular formula is C16H16N2O2. The molecule has 3 rings (SSSR count). The molecule has 0 N–H and O–H groups in total. The third-order valence-electron chi connectivity index (χ3n) is 3.42. The van der Waals surface area contributed by atoms with Gasteiger partial charge >= 0.3 is 6.09 Å². The molecule has 102 valence electrons. The molecule has 1 aliphatic rings. The van der Waals surface area contributed by atoms with E-state index in [1.807, 2.05) is 37.3 Å². The average Bonchev–Trinajstić information content (AvgIpc) is 2.81. The predicted molar refractivity (Wildman–Crippen MR) is 76.7 cm³/mol. The fourth-order valence-corrected chi connectivity index (χ4v) is 2.43. The third kappa shape index (κ3) is 2.50. The number of amides is 1. The number of rotatable bonds is 3. The summed E-state index contributed by atoms with van der Waals surface area (Å²) in [5.41, 5.74) is 2.27. The fraction of sp³-hybridized carbons (Fsp3) is 0.250. The maximum absolute atomic E-state index is 12.0. The van der Waals surface area contributed by atoms with E-state index in [9.17, 15) is 4.79 Å². The summed E-state index contributed by atoms with van der Waals surface area (Å²) in [7, 11) is 0. The van der Waals surface area contributed by atoms with Crippen LogP contribution >= 0.6 is 0 Å². The standard InChI is InChI=1S/C16H16N2O2/c1-12-7-8-17-15(9-12)18-14(11-20-16(18)19)10-13-5-3-2-4-6-13/h2-9,14H,10-11H2,1H3/t14-/m1/s1. The zero-order chi connectivity index (χ0) is 13.9. The van der Waals surface area contributed by atoms with Crippen molar-refractivity contribution in [3.8, 4) is 0 Å². The number of nitrogens with zero attached hydrogens (tertiary/aromatic N) is 2. The van der Waals surface area contributed by atoms with Crippen LogP contribution in [0.1, 0.15) is 11.1 Å². The highest BCUT2D eigenvalue weighted by Gasteiger charge is 2.35. The van der Waals surface area contributed by atoms with Gasteiger partial charge in [-0.25, -0.2) is 9.78 Å². The fourth-order valence-electron chi connectivity index (χ4n) is 2.43. The summed E-state index contributed by atoms with van der Waals surface area (Å²) in [6.07, 6.45) is 2.17. The van der Waals surface area contributed by atoms with Gasteiger partial charge in [-0.1, -0.05) is 30.3 Å². The summed E-state index contributed by atoms with van der Waals surface area (Å²) in [6, 6.07) is 13.9. The normalized spacial score (nSPS) is 18.1. The lowest BCUT2D eigenvalue weighted by Crippen LogP contribution is -2.35. The number of hydrogen-bond donors (Lipinski definition) is 0. The number of hydrogen-bond acceptors (Lipinski definition) is 3. The van der Waals surface area contributed by atoms with Gasteiger partial charge in [0, 0.05) is 6.20 Å². The van der Waals surface area contributed by atoms with Crippen LogP contribution in [0.2, 0.25) is 0 Å². The minimum Gasteiger partial charge on any atom is -0.447 e. The van der Waals surface area contributed by atoms with Crippen LogP contribution in [-0.4, -0.2) is 23.7 Å². The molecule has 1 fully saturated rings. The summed E-state index contributed by atoms with van der Waals surface area (Å²) in [5.74, 6) is 0.661. The van der Waals surface area contributed by atoms with Crippen LogP contribution in [0.4, 0.5) is 10.6 Å². The number of pyridine rings is 1. The van der Waals surface area contributed by atoms with Crippen molar-refractivity contribution < 1.29 is 9.53 Å². The highest BCUT2D eigenvalue weighted by molar-refractivity contribution is 5.89. The van der Waals surface area contributed by atoms with Gasteiger partial charge in [0.1, 0.15) is 12.4 Å². The Kier molecular flexibility index (Phi) is 3.37.